The first-order valence-corrected chi connectivity index (χ1v) is 8.26. The van der Waals surface area contributed by atoms with Crippen LogP contribution >= 0.6 is 0 Å². The topological polar surface area (TPSA) is 153 Å². The normalized spacial score (nSPS) is 30.3. The van der Waals surface area contributed by atoms with Crippen LogP contribution in [0.4, 0.5) is 5.95 Å². The maximum atomic E-state index is 12.1. The summed E-state index contributed by atoms with van der Waals surface area (Å²) in [6, 6.07) is 0. The van der Waals surface area contributed by atoms with Crippen LogP contribution in [-0.4, -0.2) is 85.9 Å². The van der Waals surface area contributed by atoms with Gasteiger partial charge in [-0.2, -0.15) is 0 Å². The number of hydrogen-bond acceptors (Lipinski definition) is 8. The number of aromatic nitrogens is 4. The lowest BCUT2D eigenvalue weighted by Gasteiger charge is -2.29. The highest BCUT2D eigenvalue weighted by molar-refractivity contribution is 5.73. The van der Waals surface area contributed by atoms with Crippen LogP contribution in [0.3, 0.4) is 0 Å². The minimum atomic E-state index is -1.27. The molecule has 2 aliphatic rings. The van der Waals surface area contributed by atoms with E-state index >= 15 is 0 Å². The molecule has 2 saturated heterocycles. The number of imidazole rings is 1. The second-order valence-corrected chi connectivity index (χ2v) is 6.27. The van der Waals surface area contributed by atoms with Crippen LogP contribution in [0.1, 0.15) is 6.23 Å². The number of fused-ring (bicyclic) bond motifs is 1. The van der Waals surface area contributed by atoms with E-state index in [1.807, 2.05) is 4.90 Å². The number of quaternary nitrogens is 1. The number of nitrogens with two attached hydrogens (primary N) is 1. The van der Waals surface area contributed by atoms with E-state index in [0.29, 0.717) is 5.95 Å². The lowest BCUT2D eigenvalue weighted by molar-refractivity contribution is -0.655. The molecule has 0 saturated carbocycles. The van der Waals surface area contributed by atoms with Crippen molar-refractivity contribution >= 4 is 17.1 Å². The van der Waals surface area contributed by atoms with E-state index in [1.165, 1.54) is 6.33 Å². The van der Waals surface area contributed by atoms with E-state index < -0.39 is 31.1 Å². The Kier molecular flexibility index (Phi) is 4.17. The number of anilines is 1. The third-order valence-corrected chi connectivity index (χ3v) is 4.73. The van der Waals surface area contributed by atoms with Gasteiger partial charge in [0.1, 0.15) is 18.3 Å². The molecule has 2 fully saturated rings. The maximum Gasteiger partial charge on any atom is 0.278 e. The fourth-order valence-corrected chi connectivity index (χ4v) is 3.41. The molecule has 0 radical (unpaired) electrons. The third-order valence-electron chi connectivity index (χ3n) is 4.73. The maximum absolute atomic E-state index is 12.1. The highest BCUT2D eigenvalue weighted by Gasteiger charge is 2.45. The predicted octanol–water partition coefficient (Wildman–Crippen LogP) is -3.89. The molecule has 4 rings (SSSR count). The Bertz CT molecular complexity index is 816. The Morgan fingerprint density at radius 3 is 2.76 bits per heavy atom. The van der Waals surface area contributed by atoms with E-state index in [9.17, 15) is 20.1 Å². The molecule has 2 aromatic heterocycles. The van der Waals surface area contributed by atoms with Crippen molar-refractivity contribution in [3.63, 3.8) is 0 Å². The Morgan fingerprint density at radius 1 is 1.32 bits per heavy atom. The van der Waals surface area contributed by atoms with Gasteiger partial charge in [-0.15, -0.1) is 0 Å². The molecule has 6 N–H and O–H groups in total. The zero-order valence-corrected chi connectivity index (χ0v) is 13.4. The molecule has 0 aromatic carbocycles. The number of aliphatic hydroxyl groups excluding tert-OH is 3. The summed E-state index contributed by atoms with van der Waals surface area (Å²) in [7, 11) is 0. The van der Waals surface area contributed by atoms with E-state index in [-0.39, 0.29) is 16.7 Å². The van der Waals surface area contributed by atoms with Gasteiger partial charge in [-0.3, -0.25) is 9.36 Å². The smallest absolute Gasteiger partial charge is 0.278 e. The van der Waals surface area contributed by atoms with Crippen LogP contribution in [0.25, 0.3) is 11.2 Å². The summed E-state index contributed by atoms with van der Waals surface area (Å²) in [5, 5.41) is 32.0. The quantitative estimate of drug-likeness (QED) is 0.375. The molecule has 0 unspecified atom stereocenters. The van der Waals surface area contributed by atoms with Crippen LogP contribution in [0.5, 0.6) is 0 Å². The van der Waals surface area contributed by atoms with Crippen LogP contribution < -0.4 is 15.8 Å². The van der Waals surface area contributed by atoms with E-state index in [0.717, 1.165) is 26.2 Å². The van der Waals surface area contributed by atoms with E-state index in [1.54, 1.807) is 4.57 Å². The average Bonchev–Trinajstić information content (AvgIpc) is 3.15. The Balaban J connectivity index is 1.86. The van der Waals surface area contributed by atoms with Gasteiger partial charge in [0.05, 0.1) is 39.1 Å². The minimum absolute atomic E-state index is 0.143. The molecule has 11 heteroatoms. The van der Waals surface area contributed by atoms with Gasteiger partial charge >= 0.3 is 0 Å². The number of ether oxygens (including phenoxy) is 1. The van der Waals surface area contributed by atoms with Crippen molar-refractivity contribution in [1.82, 2.24) is 19.5 Å². The van der Waals surface area contributed by atoms with Crippen molar-refractivity contribution in [2.75, 3.05) is 37.7 Å². The van der Waals surface area contributed by atoms with Crippen LogP contribution in [-0.2, 0) is 4.74 Å². The molecule has 4 heterocycles. The van der Waals surface area contributed by atoms with Gasteiger partial charge in [0, 0.05) is 0 Å². The third kappa shape index (κ3) is 2.60. The van der Waals surface area contributed by atoms with E-state index in [4.69, 9.17) is 4.74 Å². The number of piperazine rings is 1. The number of rotatable bonds is 3. The van der Waals surface area contributed by atoms with Crippen molar-refractivity contribution in [3.8, 4) is 0 Å². The average molecular weight is 353 g/mol. The predicted molar refractivity (Wildman–Crippen MR) is 85.0 cm³/mol. The highest BCUT2D eigenvalue weighted by Crippen LogP contribution is 2.34. The van der Waals surface area contributed by atoms with Gasteiger partial charge in [0.25, 0.3) is 5.56 Å². The van der Waals surface area contributed by atoms with Crippen LogP contribution in [0, 0.1) is 0 Å². The SMILES string of the molecule is O=c1[nH]cnc2c1nc(N1CC[NH2+]CC1)n2[C@@H]1O[C@@H](CO)[C@@H](O)[C@@H]1O. The van der Waals surface area contributed by atoms with E-state index in [2.05, 4.69) is 20.3 Å². The van der Waals surface area contributed by atoms with Gasteiger partial charge < -0.3 is 35.3 Å². The van der Waals surface area contributed by atoms with Gasteiger partial charge in [0.2, 0.25) is 5.95 Å². The van der Waals surface area contributed by atoms with Gasteiger partial charge in [-0.05, 0) is 0 Å². The molecular formula is C14H21N6O5+. The first kappa shape index (κ1) is 16.4. The fourth-order valence-electron chi connectivity index (χ4n) is 3.41. The van der Waals surface area contributed by atoms with Gasteiger partial charge in [-0.1, -0.05) is 0 Å². The lowest BCUT2D eigenvalue weighted by Crippen LogP contribution is -2.89. The summed E-state index contributed by atoms with van der Waals surface area (Å²) in [4.78, 5) is 25.2. The van der Waals surface area contributed by atoms with Crippen molar-refractivity contribution in [2.45, 2.75) is 24.5 Å². The number of H-pyrrole nitrogens is 1. The Morgan fingerprint density at radius 2 is 2.08 bits per heavy atom. The standard InChI is InChI=1S/C14H20N6O5/c21-5-7-9(22)10(23)13(25-7)20-11-8(12(24)17-6-16-11)18-14(20)19-3-1-15-2-4-19/h6-7,9-10,13,15,21-23H,1-5H2,(H,16,17,24)/p+1/t7-,9+,10-,13+/m0/s1. The molecule has 11 nitrogen and oxygen atoms in total. The second-order valence-electron chi connectivity index (χ2n) is 6.27. The molecule has 0 bridgehead atoms. The number of aromatic amines is 1. The molecule has 136 valence electrons. The molecule has 0 amide bonds. The summed E-state index contributed by atoms with van der Waals surface area (Å²) in [6.07, 6.45) is -3.16. The minimum Gasteiger partial charge on any atom is -0.394 e. The second kappa shape index (κ2) is 6.35. The van der Waals surface area contributed by atoms with Crippen LogP contribution in [0.15, 0.2) is 11.1 Å². The Labute approximate surface area is 141 Å². The monoisotopic (exact) mass is 353 g/mol. The van der Waals surface area contributed by atoms with Crippen molar-refractivity contribution in [3.05, 3.63) is 16.7 Å². The summed E-state index contributed by atoms with van der Waals surface area (Å²) >= 11 is 0. The molecule has 4 atom stereocenters. The molecule has 2 aliphatic heterocycles. The van der Waals surface area contributed by atoms with Crippen LogP contribution in [0.2, 0.25) is 0 Å². The number of nitrogens with one attached hydrogen (secondary N) is 1. The van der Waals surface area contributed by atoms with Gasteiger partial charge in [0.15, 0.2) is 17.4 Å². The molecular weight excluding hydrogens is 332 g/mol. The first-order valence-electron chi connectivity index (χ1n) is 8.26. The van der Waals surface area contributed by atoms with Crippen molar-refractivity contribution in [2.24, 2.45) is 0 Å². The first-order chi connectivity index (χ1) is 12.1. The number of hydrogen-bond donors (Lipinski definition) is 5. The Hall–Kier alpha value is -2.05. The number of aliphatic hydroxyl groups is 3. The molecule has 0 spiro atoms. The molecule has 2 aromatic rings. The van der Waals surface area contributed by atoms with Crippen molar-refractivity contribution in [1.29, 1.82) is 0 Å². The largest absolute Gasteiger partial charge is 0.394 e. The summed E-state index contributed by atoms with van der Waals surface area (Å²) in [5.74, 6) is 0.460. The molecule has 25 heavy (non-hydrogen) atoms. The zero-order chi connectivity index (χ0) is 17.6. The summed E-state index contributed by atoms with van der Waals surface area (Å²) < 4.78 is 7.19. The number of nitrogens with zero attached hydrogens (tertiary/aromatic N) is 4. The zero-order valence-electron chi connectivity index (χ0n) is 13.4. The molecule has 0 aliphatic carbocycles. The summed E-state index contributed by atoms with van der Waals surface area (Å²) in [5.41, 5.74) is 0.0215. The summed E-state index contributed by atoms with van der Waals surface area (Å²) in [6.45, 7) is 2.77. The fraction of sp³-hybridized carbons (Fsp3) is 0.643. The van der Waals surface area contributed by atoms with Crippen molar-refractivity contribution < 1.29 is 25.4 Å². The van der Waals surface area contributed by atoms with Gasteiger partial charge in [-0.25, -0.2) is 9.97 Å². The highest BCUT2D eigenvalue weighted by atomic mass is 16.6. The lowest BCUT2D eigenvalue weighted by atomic mass is 10.1.